The van der Waals surface area contributed by atoms with Crippen molar-refractivity contribution in [1.82, 2.24) is 4.98 Å². The van der Waals surface area contributed by atoms with Crippen molar-refractivity contribution in [3.63, 3.8) is 0 Å². The van der Waals surface area contributed by atoms with Gasteiger partial charge in [-0.3, -0.25) is 4.79 Å². The number of benzene rings is 2. The van der Waals surface area contributed by atoms with E-state index < -0.39 is 0 Å². The minimum atomic E-state index is -0.218. The van der Waals surface area contributed by atoms with Crippen LogP contribution in [0.1, 0.15) is 10.4 Å². The summed E-state index contributed by atoms with van der Waals surface area (Å²) in [6.45, 7) is 0. The van der Waals surface area contributed by atoms with Crippen LogP contribution in [0.3, 0.4) is 0 Å². The van der Waals surface area contributed by atoms with Crippen molar-refractivity contribution in [1.29, 1.82) is 0 Å². The Morgan fingerprint density at radius 2 is 1.75 bits per heavy atom. The summed E-state index contributed by atoms with van der Waals surface area (Å²) in [5, 5.41) is 6.95. The molecule has 0 spiro atoms. The van der Waals surface area contributed by atoms with Crippen molar-refractivity contribution in [2.24, 2.45) is 0 Å². The lowest BCUT2D eigenvalue weighted by Gasteiger charge is -2.09. The van der Waals surface area contributed by atoms with Gasteiger partial charge in [0.1, 0.15) is 5.82 Å². The lowest BCUT2D eigenvalue weighted by atomic mass is 10.2. The van der Waals surface area contributed by atoms with Gasteiger partial charge in [0.25, 0.3) is 5.91 Å². The third kappa shape index (κ3) is 4.04. The van der Waals surface area contributed by atoms with Gasteiger partial charge in [0.05, 0.1) is 16.3 Å². The Morgan fingerprint density at radius 1 is 0.958 bits per heavy atom. The molecule has 0 unspecified atom stereocenters. The first-order chi connectivity index (χ1) is 11.6. The van der Waals surface area contributed by atoms with Crippen molar-refractivity contribution in [2.45, 2.75) is 0 Å². The summed E-state index contributed by atoms with van der Waals surface area (Å²) in [6.07, 6.45) is 1.50. The quantitative estimate of drug-likeness (QED) is 0.658. The predicted octanol–water partition coefficient (Wildman–Crippen LogP) is 5.38. The highest BCUT2D eigenvalue weighted by atomic mass is 35.5. The Balaban J connectivity index is 1.70. The topological polar surface area (TPSA) is 54.0 Å². The maximum Gasteiger partial charge on any atom is 0.257 e. The van der Waals surface area contributed by atoms with E-state index in [2.05, 4.69) is 15.6 Å². The molecule has 0 aliphatic heterocycles. The maximum atomic E-state index is 12.2. The van der Waals surface area contributed by atoms with Gasteiger partial charge < -0.3 is 10.6 Å². The summed E-state index contributed by atoms with van der Waals surface area (Å²) in [5.41, 5.74) is 1.89. The highest BCUT2D eigenvalue weighted by Crippen LogP contribution is 2.27. The van der Waals surface area contributed by atoms with Crippen LogP contribution in [0.2, 0.25) is 10.0 Å². The molecule has 0 aliphatic rings. The molecule has 0 radical (unpaired) electrons. The maximum absolute atomic E-state index is 12.2. The highest BCUT2D eigenvalue weighted by molar-refractivity contribution is 6.36. The number of hydrogen-bond donors (Lipinski definition) is 2. The standard InChI is InChI=1S/C18H13Cl2N3O/c19-13-7-8-16(15(20)10-13)23-17-9-6-12(11-21-17)18(24)22-14-4-2-1-3-5-14/h1-11H,(H,21,23)(H,22,24). The van der Waals surface area contributed by atoms with Crippen molar-refractivity contribution in [3.8, 4) is 0 Å². The molecule has 0 fully saturated rings. The van der Waals surface area contributed by atoms with Crippen LogP contribution in [0.5, 0.6) is 0 Å². The average molecular weight is 358 g/mol. The zero-order chi connectivity index (χ0) is 16.9. The van der Waals surface area contributed by atoms with E-state index in [1.807, 2.05) is 30.3 Å². The van der Waals surface area contributed by atoms with Gasteiger partial charge >= 0.3 is 0 Å². The van der Waals surface area contributed by atoms with Gasteiger partial charge in [0, 0.05) is 16.9 Å². The summed E-state index contributed by atoms with van der Waals surface area (Å²) in [7, 11) is 0. The molecule has 0 saturated heterocycles. The van der Waals surface area contributed by atoms with Gasteiger partial charge in [-0.25, -0.2) is 4.98 Å². The van der Waals surface area contributed by atoms with Gasteiger partial charge in [-0.05, 0) is 42.5 Å². The number of nitrogens with one attached hydrogen (secondary N) is 2. The highest BCUT2D eigenvalue weighted by Gasteiger charge is 2.07. The number of anilines is 3. The molecule has 1 amide bonds. The number of para-hydroxylation sites is 1. The number of amides is 1. The second-order valence-electron chi connectivity index (χ2n) is 5.00. The normalized spacial score (nSPS) is 10.2. The van der Waals surface area contributed by atoms with Crippen LogP contribution in [0.4, 0.5) is 17.2 Å². The Labute approximate surface area is 149 Å². The van der Waals surface area contributed by atoms with Crippen molar-refractivity contribution in [3.05, 3.63) is 82.5 Å². The van der Waals surface area contributed by atoms with E-state index in [0.29, 0.717) is 27.1 Å². The molecular weight excluding hydrogens is 345 g/mol. The molecule has 0 aliphatic carbocycles. The molecule has 0 atom stereocenters. The molecular formula is C18H13Cl2N3O. The largest absolute Gasteiger partial charge is 0.339 e. The van der Waals surface area contributed by atoms with Gasteiger partial charge in [0.2, 0.25) is 0 Å². The van der Waals surface area contributed by atoms with Crippen LogP contribution in [0.15, 0.2) is 66.9 Å². The molecule has 2 aromatic carbocycles. The smallest absolute Gasteiger partial charge is 0.257 e. The first-order valence-electron chi connectivity index (χ1n) is 7.16. The third-order valence-electron chi connectivity index (χ3n) is 3.25. The molecule has 3 aromatic rings. The van der Waals surface area contributed by atoms with Crippen LogP contribution >= 0.6 is 23.2 Å². The molecule has 1 heterocycles. The number of hydrogen-bond acceptors (Lipinski definition) is 3. The van der Waals surface area contributed by atoms with Crippen molar-refractivity contribution in [2.75, 3.05) is 10.6 Å². The number of nitrogens with zero attached hydrogens (tertiary/aromatic N) is 1. The lowest BCUT2D eigenvalue weighted by molar-refractivity contribution is 0.102. The molecule has 6 heteroatoms. The Bertz CT molecular complexity index is 852. The third-order valence-corrected chi connectivity index (χ3v) is 3.80. The van der Waals surface area contributed by atoms with Gasteiger partial charge in [-0.1, -0.05) is 41.4 Å². The molecule has 24 heavy (non-hydrogen) atoms. The minimum Gasteiger partial charge on any atom is -0.339 e. The molecule has 0 saturated carbocycles. The number of carbonyl (C=O) groups excluding carboxylic acids is 1. The number of halogens is 2. The summed E-state index contributed by atoms with van der Waals surface area (Å²) < 4.78 is 0. The number of rotatable bonds is 4. The first kappa shape index (κ1) is 16.3. The fourth-order valence-electron chi connectivity index (χ4n) is 2.06. The summed E-state index contributed by atoms with van der Waals surface area (Å²) >= 11 is 12.0. The van der Waals surface area contributed by atoms with E-state index in [1.54, 1.807) is 30.3 Å². The molecule has 120 valence electrons. The number of aromatic nitrogens is 1. The number of carbonyl (C=O) groups is 1. The van der Waals surface area contributed by atoms with E-state index in [0.717, 1.165) is 5.69 Å². The van der Waals surface area contributed by atoms with Gasteiger partial charge in [-0.2, -0.15) is 0 Å². The van der Waals surface area contributed by atoms with Gasteiger partial charge in [0.15, 0.2) is 0 Å². The van der Waals surface area contributed by atoms with Crippen LogP contribution in [0, 0.1) is 0 Å². The van der Waals surface area contributed by atoms with E-state index in [-0.39, 0.29) is 5.91 Å². The summed E-state index contributed by atoms with van der Waals surface area (Å²) in [4.78, 5) is 16.4. The second kappa shape index (κ2) is 7.34. The SMILES string of the molecule is O=C(Nc1ccccc1)c1ccc(Nc2ccc(Cl)cc2Cl)nc1. The van der Waals surface area contributed by atoms with E-state index >= 15 is 0 Å². The van der Waals surface area contributed by atoms with Crippen LogP contribution < -0.4 is 10.6 Å². The summed E-state index contributed by atoms with van der Waals surface area (Å²) in [5.74, 6) is 0.361. The van der Waals surface area contributed by atoms with Gasteiger partial charge in [-0.15, -0.1) is 0 Å². The summed E-state index contributed by atoms with van der Waals surface area (Å²) in [6, 6.07) is 17.8. The minimum absolute atomic E-state index is 0.218. The van der Waals surface area contributed by atoms with Crippen molar-refractivity contribution >= 4 is 46.3 Å². The number of pyridine rings is 1. The van der Waals surface area contributed by atoms with E-state index in [4.69, 9.17) is 23.2 Å². The second-order valence-corrected chi connectivity index (χ2v) is 5.85. The molecule has 0 bridgehead atoms. The van der Waals surface area contributed by atoms with Crippen molar-refractivity contribution < 1.29 is 4.79 Å². The fourth-order valence-corrected chi connectivity index (χ4v) is 2.51. The Kier molecular flexibility index (Phi) is 4.99. The fraction of sp³-hybridized carbons (Fsp3) is 0. The van der Waals surface area contributed by atoms with Crippen LogP contribution in [0.25, 0.3) is 0 Å². The monoisotopic (exact) mass is 357 g/mol. The Hall–Kier alpha value is -2.56. The Morgan fingerprint density at radius 3 is 2.42 bits per heavy atom. The first-order valence-corrected chi connectivity index (χ1v) is 7.92. The lowest BCUT2D eigenvalue weighted by Crippen LogP contribution is -2.12. The zero-order valence-electron chi connectivity index (χ0n) is 12.5. The van der Waals surface area contributed by atoms with Crippen LogP contribution in [-0.2, 0) is 0 Å². The zero-order valence-corrected chi connectivity index (χ0v) is 14.0. The molecule has 2 N–H and O–H groups in total. The molecule has 3 rings (SSSR count). The average Bonchev–Trinajstić information content (AvgIpc) is 2.59. The molecule has 1 aromatic heterocycles. The van der Waals surface area contributed by atoms with E-state index in [1.165, 1.54) is 6.20 Å². The molecule has 4 nitrogen and oxygen atoms in total. The van der Waals surface area contributed by atoms with E-state index in [9.17, 15) is 4.79 Å². The predicted molar refractivity (Wildman–Crippen MR) is 98.4 cm³/mol. The van der Waals surface area contributed by atoms with Crippen LogP contribution in [-0.4, -0.2) is 10.9 Å².